The van der Waals surface area contributed by atoms with E-state index >= 15 is 0 Å². The smallest absolute Gasteiger partial charge is 0.161 e. The summed E-state index contributed by atoms with van der Waals surface area (Å²) in [7, 11) is 1.68. The van der Waals surface area contributed by atoms with Crippen molar-refractivity contribution in [2.45, 2.75) is 72.0 Å². The monoisotopic (exact) mass is 448 g/mol. The zero-order chi connectivity index (χ0) is 20.5. The molecule has 0 N–H and O–H groups in total. The standard InChI is InChI=1S/C24H33BrO3/c1-17(2)27-21-13-11-19(12-14-21)9-7-6-8-10-20-15-24(28-18(3)4)23(26-5)16-22(20)25/h11-18H,6-10H2,1-5H3. The summed E-state index contributed by atoms with van der Waals surface area (Å²) in [5.74, 6) is 2.54. The summed E-state index contributed by atoms with van der Waals surface area (Å²) < 4.78 is 18.1. The number of hydrogen-bond acceptors (Lipinski definition) is 3. The van der Waals surface area contributed by atoms with Crippen LogP contribution in [0.25, 0.3) is 0 Å². The van der Waals surface area contributed by atoms with Gasteiger partial charge in [-0.25, -0.2) is 0 Å². The number of unbranched alkanes of at least 4 members (excludes halogenated alkanes) is 2. The summed E-state index contributed by atoms with van der Waals surface area (Å²) in [6, 6.07) is 12.6. The molecule has 0 radical (unpaired) electrons. The zero-order valence-corrected chi connectivity index (χ0v) is 19.3. The van der Waals surface area contributed by atoms with E-state index in [1.165, 1.54) is 24.0 Å². The minimum Gasteiger partial charge on any atom is -0.493 e. The van der Waals surface area contributed by atoms with Gasteiger partial charge in [0, 0.05) is 4.47 Å². The molecule has 4 heteroatoms. The molecule has 0 saturated heterocycles. The molecule has 0 atom stereocenters. The number of benzene rings is 2. The van der Waals surface area contributed by atoms with Crippen LogP contribution >= 0.6 is 15.9 Å². The maximum absolute atomic E-state index is 5.89. The van der Waals surface area contributed by atoms with Crippen LogP contribution in [0.4, 0.5) is 0 Å². The Morgan fingerprint density at radius 2 is 1.43 bits per heavy atom. The summed E-state index contributed by atoms with van der Waals surface area (Å²) in [5.41, 5.74) is 2.64. The third-order valence-corrected chi connectivity index (χ3v) is 5.14. The van der Waals surface area contributed by atoms with Gasteiger partial charge in [-0.05, 0) is 88.8 Å². The highest BCUT2D eigenvalue weighted by Crippen LogP contribution is 2.35. The Kier molecular flexibility index (Phi) is 9.17. The molecule has 3 nitrogen and oxygen atoms in total. The Hall–Kier alpha value is -1.68. The Morgan fingerprint density at radius 3 is 2.04 bits per heavy atom. The minimum atomic E-state index is 0.125. The highest BCUT2D eigenvalue weighted by molar-refractivity contribution is 9.10. The Labute approximate surface area is 178 Å². The normalized spacial score (nSPS) is 11.1. The summed E-state index contributed by atoms with van der Waals surface area (Å²) in [5, 5.41) is 0. The largest absolute Gasteiger partial charge is 0.493 e. The number of rotatable bonds is 11. The van der Waals surface area contributed by atoms with Gasteiger partial charge in [0.05, 0.1) is 19.3 Å². The van der Waals surface area contributed by atoms with Crippen molar-refractivity contribution < 1.29 is 14.2 Å². The molecular formula is C24H33BrO3. The summed E-state index contributed by atoms with van der Waals surface area (Å²) in [6.07, 6.45) is 6.01. The fourth-order valence-electron chi connectivity index (χ4n) is 3.10. The molecule has 0 heterocycles. The first-order chi connectivity index (χ1) is 13.4. The molecule has 0 fully saturated rings. The Balaban J connectivity index is 1.81. The lowest BCUT2D eigenvalue weighted by Gasteiger charge is -2.16. The molecule has 0 saturated carbocycles. The lowest BCUT2D eigenvalue weighted by atomic mass is 10.0. The predicted molar refractivity (Wildman–Crippen MR) is 120 cm³/mol. The van der Waals surface area contributed by atoms with Crippen LogP contribution in [-0.4, -0.2) is 19.3 Å². The third kappa shape index (κ3) is 7.38. The summed E-state index contributed by atoms with van der Waals surface area (Å²) in [6.45, 7) is 8.16. The van der Waals surface area contributed by atoms with Crippen molar-refractivity contribution >= 4 is 15.9 Å². The molecule has 0 amide bonds. The van der Waals surface area contributed by atoms with Gasteiger partial charge in [0.25, 0.3) is 0 Å². The first kappa shape index (κ1) is 22.6. The van der Waals surface area contributed by atoms with Crippen molar-refractivity contribution in [3.8, 4) is 17.2 Å². The second kappa shape index (κ2) is 11.4. The van der Waals surface area contributed by atoms with Crippen molar-refractivity contribution in [2.75, 3.05) is 7.11 Å². The van der Waals surface area contributed by atoms with Crippen LogP contribution in [0.15, 0.2) is 40.9 Å². The van der Waals surface area contributed by atoms with Gasteiger partial charge in [-0.3, -0.25) is 0 Å². The molecule has 0 aliphatic rings. The van der Waals surface area contributed by atoms with Crippen LogP contribution in [0.3, 0.4) is 0 Å². The van der Waals surface area contributed by atoms with Crippen molar-refractivity contribution in [1.82, 2.24) is 0 Å². The van der Waals surface area contributed by atoms with Gasteiger partial charge in [-0.2, -0.15) is 0 Å². The minimum absolute atomic E-state index is 0.125. The molecule has 0 aromatic heterocycles. The maximum Gasteiger partial charge on any atom is 0.161 e. The molecule has 0 aliphatic carbocycles. The highest BCUT2D eigenvalue weighted by atomic mass is 79.9. The van der Waals surface area contributed by atoms with E-state index in [9.17, 15) is 0 Å². The number of halogens is 1. The van der Waals surface area contributed by atoms with E-state index in [1.54, 1.807) is 7.11 Å². The van der Waals surface area contributed by atoms with Gasteiger partial charge >= 0.3 is 0 Å². The van der Waals surface area contributed by atoms with Crippen LogP contribution in [0.1, 0.15) is 58.1 Å². The molecule has 2 aromatic rings. The SMILES string of the molecule is COc1cc(Br)c(CCCCCc2ccc(OC(C)C)cc2)cc1OC(C)C. The average molecular weight is 449 g/mol. The van der Waals surface area contributed by atoms with E-state index in [0.29, 0.717) is 0 Å². The van der Waals surface area contributed by atoms with E-state index in [4.69, 9.17) is 14.2 Å². The molecule has 154 valence electrons. The molecule has 2 rings (SSSR count). The van der Waals surface area contributed by atoms with E-state index < -0.39 is 0 Å². The molecule has 0 aliphatic heterocycles. The van der Waals surface area contributed by atoms with Crippen molar-refractivity contribution in [3.05, 3.63) is 52.0 Å². The highest BCUT2D eigenvalue weighted by Gasteiger charge is 2.11. The molecule has 0 unspecified atom stereocenters. The lowest BCUT2D eigenvalue weighted by Crippen LogP contribution is -2.07. The van der Waals surface area contributed by atoms with Gasteiger partial charge < -0.3 is 14.2 Å². The van der Waals surface area contributed by atoms with Gasteiger partial charge in [-0.1, -0.05) is 34.5 Å². The van der Waals surface area contributed by atoms with Crippen molar-refractivity contribution in [1.29, 1.82) is 0 Å². The van der Waals surface area contributed by atoms with Gasteiger partial charge in [-0.15, -0.1) is 0 Å². The van der Waals surface area contributed by atoms with Crippen LogP contribution < -0.4 is 14.2 Å². The molecule has 2 aromatic carbocycles. The number of hydrogen-bond donors (Lipinski definition) is 0. The van der Waals surface area contributed by atoms with E-state index in [0.717, 1.165) is 41.0 Å². The molecule has 0 bridgehead atoms. The first-order valence-electron chi connectivity index (χ1n) is 10.2. The average Bonchev–Trinajstić information content (AvgIpc) is 2.64. The Morgan fingerprint density at radius 1 is 0.786 bits per heavy atom. The fraction of sp³-hybridized carbons (Fsp3) is 0.500. The topological polar surface area (TPSA) is 27.7 Å². The summed E-state index contributed by atoms with van der Waals surface area (Å²) >= 11 is 3.67. The molecular weight excluding hydrogens is 416 g/mol. The van der Waals surface area contributed by atoms with Gasteiger partial charge in [0.2, 0.25) is 0 Å². The summed E-state index contributed by atoms with van der Waals surface area (Å²) in [4.78, 5) is 0. The Bertz CT molecular complexity index is 723. The number of ether oxygens (including phenoxy) is 3. The van der Waals surface area contributed by atoms with E-state index in [2.05, 4.69) is 46.3 Å². The maximum atomic E-state index is 5.89. The number of aryl methyl sites for hydroxylation is 2. The second-order valence-electron chi connectivity index (χ2n) is 7.63. The van der Waals surface area contributed by atoms with Crippen LogP contribution in [0, 0.1) is 0 Å². The van der Waals surface area contributed by atoms with Crippen LogP contribution in [0.5, 0.6) is 17.2 Å². The first-order valence-corrected chi connectivity index (χ1v) is 11.0. The third-order valence-electron chi connectivity index (χ3n) is 4.40. The lowest BCUT2D eigenvalue weighted by molar-refractivity contribution is 0.230. The predicted octanol–water partition coefficient (Wildman–Crippen LogP) is 6.99. The van der Waals surface area contributed by atoms with Crippen molar-refractivity contribution in [2.24, 2.45) is 0 Å². The van der Waals surface area contributed by atoms with E-state index in [1.807, 2.05) is 33.8 Å². The zero-order valence-electron chi connectivity index (χ0n) is 17.8. The van der Waals surface area contributed by atoms with Crippen LogP contribution in [0.2, 0.25) is 0 Å². The van der Waals surface area contributed by atoms with Gasteiger partial charge in [0.1, 0.15) is 5.75 Å². The quantitative estimate of drug-likeness (QED) is 0.346. The molecule has 0 spiro atoms. The fourth-order valence-corrected chi connectivity index (χ4v) is 3.62. The number of methoxy groups -OCH3 is 1. The van der Waals surface area contributed by atoms with Crippen molar-refractivity contribution in [3.63, 3.8) is 0 Å². The van der Waals surface area contributed by atoms with Crippen LogP contribution in [-0.2, 0) is 12.8 Å². The van der Waals surface area contributed by atoms with E-state index in [-0.39, 0.29) is 12.2 Å². The second-order valence-corrected chi connectivity index (χ2v) is 8.49. The van der Waals surface area contributed by atoms with Gasteiger partial charge in [0.15, 0.2) is 11.5 Å². The molecule has 28 heavy (non-hydrogen) atoms.